The summed E-state index contributed by atoms with van der Waals surface area (Å²) in [5, 5.41) is 0. The topological polar surface area (TPSA) is 0 Å². The molecule has 0 bridgehead atoms. The molecule has 0 nitrogen and oxygen atoms in total. The summed E-state index contributed by atoms with van der Waals surface area (Å²) in [7, 11) is 0. The van der Waals surface area contributed by atoms with Crippen LogP contribution in [-0.4, -0.2) is 23.3 Å². The zero-order chi connectivity index (χ0) is 4.99. The van der Waals surface area contributed by atoms with Crippen molar-refractivity contribution in [3.63, 3.8) is 0 Å². The van der Waals surface area contributed by atoms with E-state index in [0.717, 1.165) is 7.96 Å². The van der Waals surface area contributed by atoms with E-state index in [2.05, 4.69) is 0 Å². The molecule has 0 saturated heterocycles. The maximum atomic E-state index is 12.1. The third-order valence-corrected chi connectivity index (χ3v) is 7.77. The van der Waals surface area contributed by atoms with Gasteiger partial charge in [-0.1, -0.05) is 0 Å². The molecule has 0 atom stereocenters. The van der Waals surface area contributed by atoms with Gasteiger partial charge < -0.3 is 0 Å². The first-order chi connectivity index (χ1) is 2.81. The van der Waals surface area contributed by atoms with Crippen LogP contribution in [0.2, 0.25) is 7.96 Å². The Morgan fingerprint density at radius 3 is 1.67 bits per heavy atom. The maximum absolute atomic E-state index is 12.1. The Balaban J connectivity index is 2.75. The zero-order valence-electron chi connectivity index (χ0n) is 4.37. The van der Waals surface area contributed by atoms with Crippen LogP contribution in [0.5, 0.6) is 0 Å². The van der Waals surface area contributed by atoms with Crippen LogP contribution >= 0.6 is 0 Å². The molecule has 0 spiro atoms. The molecule has 0 aliphatic heterocycles. The predicted molar refractivity (Wildman–Crippen MR) is 27.8 cm³/mol. The van der Waals surface area contributed by atoms with Crippen molar-refractivity contribution in [1.29, 1.82) is 0 Å². The van der Waals surface area contributed by atoms with Crippen LogP contribution in [-0.2, 0) is 0 Å². The average molecular weight is 282 g/mol. The number of hydrogen-bond donors (Lipinski definition) is 0. The van der Waals surface area contributed by atoms with Gasteiger partial charge in [-0.15, -0.1) is 0 Å². The molecular weight excluding hydrogens is 271 g/mol. The molecule has 0 radical (unpaired) electrons. The zero-order valence-corrected chi connectivity index (χ0v) is 8.86. The SMILES string of the molecule is C[CH2][Tl]([F])[CH2]C. The Kier molecular flexibility index (Phi) is 4.59. The van der Waals surface area contributed by atoms with Crippen LogP contribution < -0.4 is 0 Å². The summed E-state index contributed by atoms with van der Waals surface area (Å²) >= 11 is -2.32. The summed E-state index contributed by atoms with van der Waals surface area (Å²) in [4.78, 5) is 0. The van der Waals surface area contributed by atoms with Gasteiger partial charge in [0.05, 0.1) is 0 Å². The predicted octanol–water partition coefficient (Wildman–Crippen LogP) is 1.99. The first-order valence-corrected chi connectivity index (χ1v) is 10.5. The molecule has 0 unspecified atom stereocenters. The van der Waals surface area contributed by atoms with E-state index in [0.29, 0.717) is 0 Å². The fourth-order valence-electron chi connectivity index (χ4n) is 0.289. The van der Waals surface area contributed by atoms with Crippen molar-refractivity contribution in [2.75, 3.05) is 0 Å². The Morgan fingerprint density at radius 2 is 1.67 bits per heavy atom. The second-order valence-corrected chi connectivity index (χ2v) is 12.4. The molecule has 0 aromatic carbocycles. The molecule has 36 valence electrons. The molecule has 0 heterocycles. The van der Waals surface area contributed by atoms with Crippen LogP contribution in [0.3, 0.4) is 0 Å². The van der Waals surface area contributed by atoms with Crippen LogP contribution in [0.15, 0.2) is 0 Å². The molecule has 0 aliphatic rings. The van der Waals surface area contributed by atoms with Crippen molar-refractivity contribution < 1.29 is 2.51 Å². The number of rotatable bonds is 2. The van der Waals surface area contributed by atoms with Crippen molar-refractivity contribution in [2.24, 2.45) is 0 Å². The molecule has 2 heteroatoms. The fraction of sp³-hybridized carbons (Fsp3) is 1.00. The van der Waals surface area contributed by atoms with Crippen LogP contribution in [0.1, 0.15) is 13.8 Å². The second kappa shape index (κ2) is 4.02. The summed E-state index contributed by atoms with van der Waals surface area (Å²) < 4.78 is 13.9. The van der Waals surface area contributed by atoms with Gasteiger partial charge >= 0.3 is 47.6 Å². The van der Waals surface area contributed by atoms with Gasteiger partial charge in [0, 0.05) is 0 Å². The van der Waals surface area contributed by atoms with Crippen molar-refractivity contribution in [3.8, 4) is 0 Å². The molecule has 6 heavy (non-hydrogen) atoms. The van der Waals surface area contributed by atoms with Gasteiger partial charge in [-0.05, 0) is 0 Å². The van der Waals surface area contributed by atoms with Crippen LogP contribution in [0, 0.1) is 0 Å². The molecule has 0 N–H and O–H groups in total. The Hall–Kier alpha value is 0.852. The van der Waals surface area contributed by atoms with Gasteiger partial charge in [0.15, 0.2) is 0 Å². The second-order valence-electron chi connectivity index (χ2n) is 1.41. The van der Waals surface area contributed by atoms with E-state index in [1.165, 1.54) is 0 Å². The summed E-state index contributed by atoms with van der Waals surface area (Å²) in [6.07, 6.45) is 0. The van der Waals surface area contributed by atoms with Gasteiger partial charge in [0.1, 0.15) is 0 Å². The number of halogens is 1. The summed E-state index contributed by atoms with van der Waals surface area (Å²) in [6, 6.07) is 0. The molecule has 0 amide bonds. The van der Waals surface area contributed by atoms with E-state index < -0.39 is 23.3 Å². The van der Waals surface area contributed by atoms with Crippen LogP contribution in [0.25, 0.3) is 0 Å². The Bertz CT molecular complexity index is 26.7. The summed E-state index contributed by atoms with van der Waals surface area (Å²) in [5.41, 5.74) is 0. The quantitative estimate of drug-likeness (QED) is 0.679. The first kappa shape index (κ1) is 6.85. The fourth-order valence-corrected chi connectivity index (χ4v) is 2.53. The van der Waals surface area contributed by atoms with E-state index in [4.69, 9.17) is 0 Å². The Morgan fingerprint density at radius 1 is 1.33 bits per heavy atom. The van der Waals surface area contributed by atoms with Crippen molar-refractivity contribution >= 4 is 23.3 Å². The monoisotopic (exact) mass is 282 g/mol. The van der Waals surface area contributed by atoms with Gasteiger partial charge in [-0.25, -0.2) is 0 Å². The van der Waals surface area contributed by atoms with Gasteiger partial charge in [0.25, 0.3) is 0 Å². The van der Waals surface area contributed by atoms with Gasteiger partial charge in [0.2, 0.25) is 0 Å². The first-order valence-electron chi connectivity index (χ1n) is 2.45. The minimum atomic E-state index is -2.32. The molecule has 0 aromatic rings. The van der Waals surface area contributed by atoms with E-state index in [9.17, 15) is 2.51 Å². The van der Waals surface area contributed by atoms with Gasteiger partial charge in [-0.2, -0.15) is 0 Å². The molecule has 0 aliphatic carbocycles. The third kappa shape index (κ3) is 3.06. The Labute approximate surface area is 47.8 Å². The van der Waals surface area contributed by atoms with Gasteiger partial charge in [-0.3, -0.25) is 0 Å². The van der Waals surface area contributed by atoms with E-state index in [1.807, 2.05) is 13.8 Å². The molecule has 0 saturated carbocycles. The molecule has 0 rings (SSSR count). The minimum absolute atomic E-state index is 0.885. The third-order valence-electron chi connectivity index (χ3n) is 0.886. The number of hydrogen-bond acceptors (Lipinski definition) is 0. The van der Waals surface area contributed by atoms with Crippen molar-refractivity contribution in [3.05, 3.63) is 0 Å². The summed E-state index contributed by atoms with van der Waals surface area (Å²) in [6.45, 7) is 3.91. The normalized spacial score (nSPS) is 8.50. The van der Waals surface area contributed by atoms with E-state index >= 15 is 0 Å². The molecule has 0 fully saturated rings. The van der Waals surface area contributed by atoms with E-state index in [-0.39, 0.29) is 0 Å². The average Bonchev–Trinajstić information content (AvgIpc) is 1.65. The summed E-state index contributed by atoms with van der Waals surface area (Å²) in [5.74, 6) is 0. The molecular formula is C4H10FTl. The van der Waals surface area contributed by atoms with E-state index in [1.54, 1.807) is 0 Å². The standard InChI is InChI=1S/2C2H5.FH.Tl/c2*1-2;;/h2*1H2,2H3;1H;/q;;;+1/p-1. The van der Waals surface area contributed by atoms with Crippen LogP contribution in [0.4, 0.5) is 2.51 Å². The van der Waals surface area contributed by atoms with Crippen molar-refractivity contribution in [1.82, 2.24) is 0 Å². The van der Waals surface area contributed by atoms with Crippen molar-refractivity contribution in [2.45, 2.75) is 21.8 Å². The molecule has 0 aromatic heterocycles.